The molecule has 5 aromatic rings. The largest absolute Gasteiger partial charge is 0.489 e. The summed E-state index contributed by atoms with van der Waals surface area (Å²) in [6.45, 7) is 0.889. The van der Waals surface area contributed by atoms with Crippen LogP contribution in [0.5, 0.6) is 5.75 Å². The van der Waals surface area contributed by atoms with Crippen molar-refractivity contribution in [2.45, 2.75) is 13.2 Å². The standard InChI is InChI=1S/C27H22ClN3O2/c1-32-18-24-26(21-5-3-2-4-6-21)27-29-16-15-25(31(27)30-24)20-9-13-23(14-10-20)33-17-19-7-11-22(28)12-8-19/h2-16H,17-18H2,1H3. The van der Waals surface area contributed by atoms with Crippen LogP contribution in [0.1, 0.15) is 11.3 Å². The molecule has 0 aliphatic rings. The Balaban J connectivity index is 1.46. The summed E-state index contributed by atoms with van der Waals surface area (Å²) in [7, 11) is 1.68. The van der Waals surface area contributed by atoms with Crippen LogP contribution in [0.2, 0.25) is 5.02 Å². The Morgan fingerprint density at radius 3 is 2.30 bits per heavy atom. The highest BCUT2D eigenvalue weighted by atomic mass is 35.5. The highest BCUT2D eigenvalue weighted by molar-refractivity contribution is 6.30. The summed E-state index contributed by atoms with van der Waals surface area (Å²) in [5.74, 6) is 0.796. The molecule has 0 saturated heterocycles. The van der Waals surface area contributed by atoms with Gasteiger partial charge < -0.3 is 9.47 Å². The molecule has 0 bridgehead atoms. The number of nitrogens with zero attached hydrogens (tertiary/aromatic N) is 3. The molecule has 0 N–H and O–H groups in total. The molecule has 0 aliphatic carbocycles. The molecule has 0 spiro atoms. The first kappa shape index (κ1) is 21.2. The van der Waals surface area contributed by atoms with Gasteiger partial charge in [-0.25, -0.2) is 9.50 Å². The zero-order chi connectivity index (χ0) is 22.6. The summed E-state index contributed by atoms with van der Waals surface area (Å²) in [6.07, 6.45) is 1.82. The molecule has 6 heteroatoms. The average molecular weight is 456 g/mol. The van der Waals surface area contributed by atoms with E-state index in [1.807, 2.05) is 83.5 Å². The molecular weight excluding hydrogens is 434 g/mol. The predicted molar refractivity (Wildman–Crippen MR) is 130 cm³/mol. The van der Waals surface area contributed by atoms with E-state index in [1.165, 1.54) is 0 Å². The number of hydrogen-bond donors (Lipinski definition) is 0. The second-order valence-electron chi connectivity index (χ2n) is 7.63. The molecule has 5 rings (SSSR count). The monoisotopic (exact) mass is 455 g/mol. The summed E-state index contributed by atoms with van der Waals surface area (Å²) in [5, 5.41) is 5.56. The lowest BCUT2D eigenvalue weighted by Crippen LogP contribution is -1.97. The molecule has 0 unspecified atom stereocenters. The van der Waals surface area contributed by atoms with Crippen molar-refractivity contribution in [3.8, 4) is 28.1 Å². The van der Waals surface area contributed by atoms with Crippen molar-refractivity contribution >= 4 is 17.2 Å². The van der Waals surface area contributed by atoms with E-state index in [4.69, 9.17) is 26.2 Å². The molecule has 0 atom stereocenters. The van der Waals surface area contributed by atoms with Gasteiger partial charge in [0.25, 0.3) is 0 Å². The molecule has 0 radical (unpaired) electrons. The van der Waals surface area contributed by atoms with Crippen LogP contribution in [0.25, 0.3) is 28.0 Å². The van der Waals surface area contributed by atoms with Crippen LogP contribution >= 0.6 is 11.6 Å². The number of methoxy groups -OCH3 is 1. The Hall–Kier alpha value is -3.67. The maximum Gasteiger partial charge on any atom is 0.163 e. The second kappa shape index (κ2) is 9.45. The van der Waals surface area contributed by atoms with Crippen molar-refractivity contribution in [2.75, 3.05) is 7.11 Å². The fraction of sp³-hybridized carbons (Fsp3) is 0.111. The first-order valence-electron chi connectivity index (χ1n) is 10.6. The van der Waals surface area contributed by atoms with E-state index in [-0.39, 0.29) is 0 Å². The number of rotatable bonds is 7. The van der Waals surface area contributed by atoms with Crippen molar-refractivity contribution in [3.05, 3.63) is 107 Å². The Kier molecular flexibility index (Phi) is 6.07. The summed E-state index contributed by atoms with van der Waals surface area (Å²) in [6, 6.07) is 27.8. The Morgan fingerprint density at radius 1 is 0.818 bits per heavy atom. The van der Waals surface area contributed by atoms with Gasteiger partial charge in [0, 0.05) is 23.9 Å². The number of hydrogen-bond acceptors (Lipinski definition) is 4. The molecular formula is C27H22ClN3O2. The van der Waals surface area contributed by atoms with E-state index in [9.17, 15) is 0 Å². The predicted octanol–water partition coefficient (Wildman–Crippen LogP) is 6.44. The lowest BCUT2D eigenvalue weighted by atomic mass is 10.1. The highest BCUT2D eigenvalue weighted by Crippen LogP contribution is 2.31. The number of halogens is 1. The van der Waals surface area contributed by atoms with E-state index < -0.39 is 0 Å². The van der Waals surface area contributed by atoms with Crippen molar-refractivity contribution < 1.29 is 9.47 Å². The Morgan fingerprint density at radius 2 is 1.58 bits per heavy atom. The highest BCUT2D eigenvalue weighted by Gasteiger charge is 2.18. The summed E-state index contributed by atoms with van der Waals surface area (Å²) >= 11 is 5.95. The molecule has 0 saturated carbocycles. The molecule has 5 nitrogen and oxygen atoms in total. The topological polar surface area (TPSA) is 48.7 Å². The minimum absolute atomic E-state index is 0.407. The quantitative estimate of drug-likeness (QED) is 0.283. The van der Waals surface area contributed by atoms with Crippen molar-refractivity contribution in [2.24, 2.45) is 0 Å². The molecule has 3 aromatic carbocycles. The number of fused-ring (bicyclic) bond motifs is 1. The fourth-order valence-electron chi connectivity index (χ4n) is 3.82. The van der Waals surface area contributed by atoms with E-state index in [0.717, 1.165) is 50.1 Å². The van der Waals surface area contributed by atoms with Gasteiger partial charge in [-0.05, 0) is 53.6 Å². The summed E-state index contributed by atoms with van der Waals surface area (Å²) in [5.41, 5.74) is 6.74. The third-order valence-electron chi connectivity index (χ3n) is 5.40. The fourth-order valence-corrected chi connectivity index (χ4v) is 3.94. The van der Waals surface area contributed by atoms with Crippen LogP contribution < -0.4 is 4.74 Å². The van der Waals surface area contributed by atoms with Crippen LogP contribution in [0, 0.1) is 0 Å². The van der Waals surface area contributed by atoms with Gasteiger partial charge in [0.1, 0.15) is 12.4 Å². The van der Waals surface area contributed by atoms with E-state index >= 15 is 0 Å². The van der Waals surface area contributed by atoms with Crippen molar-refractivity contribution in [1.82, 2.24) is 14.6 Å². The van der Waals surface area contributed by atoms with Crippen LogP contribution in [-0.4, -0.2) is 21.7 Å². The molecule has 0 fully saturated rings. The third kappa shape index (κ3) is 4.46. The van der Waals surface area contributed by atoms with Gasteiger partial charge in [-0.3, -0.25) is 0 Å². The molecule has 33 heavy (non-hydrogen) atoms. The maximum absolute atomic E-state index is 5.95. The van der Waals surface area contributed by atoms with Crippen LogP contribution in [0.15, 0.2) is 91.1 Å². The smallest absolute Gasteiger partial charge is 0.163 e. The minimum atomic E-state index is 0.407. The Bertz CT molecular complexity index is 1360. The average Bonchev–Trinajstić information content (AvgIpc) is 3.23. The van der Waals surface area contributed by atoms with Gasteiger partial charge in [-0.2, -0.15) is 5.10 Å². The normalized spacial score (nSPS) is 11.1. The minimum Gasteiger partial charge on any atom is -0.489 e. The number of ether oxygens (including phenoxy) is 2. The van der Waals surface area contributed by atoms with E-state index in [0.29, 0.717) is 13.2 Å². The molecule has 164 valence electrons. The summed E-state index contributed by atoms with van der Waals surface area (Å²) < 4.78 is 13.2. The lowest BCUT2D eigenvalue weighted by Gasteiger charge is -2.09. The van der Waals surface area contributed by atoms with Crippen LogP contribution in [0.4, 0.5) is 0 Å². The first-order chi connectivity index (χ1) is 16.2. The van der Waals surface area contributed by atoms with Gasteiger partial charge in [-0.1, -0.05) is 54.1 Å². The van der Waals surface area contributed by atoms with E-state index in [2.05, 4.69) is 17.1 Å². The SMILES string of the molecule is COCc1nn2c(-c3ccc(OCc4ccc(Cl)cc4)cc3)ccnc2c1-c1ccccc1. The molecule has 0 aliphatic heterocycles. The maximum atomic E-state index is 5.95. The Labute approximate surface area is 197 Å². The van der Waals surface area contributed by atoms with Crippen molar-refractivity contribution in [1.29, 1.82) is 0 Å². The van der Waals surface area contributed by atoms with Gasteiger partial charge in [-0.15, -0.1) is 0 Å². The zero-order valence-electron chi connectivity index (χ0n) is 18.1. The second-order valence-corrected chi connectivity index (χ2v) is 8.06. The van der Waals surface area contributed by atoms with Crippen LogP contribution in [-0.2, 0) is 18.0 Å². The zero-order valence-corrected chi connectivity index (χ0v) is 18.9. The van der Waals surface area contributed by atoms with Gasteiger partial charge in [0.2, 0.25) is 0 Å². The third-order valence-corrected chi connectivity index (χ3v) is 5.66. The van der Waals surface area contributed by atoms with Gasteiger partial charge in [0.05, 0.1) is 23.6 Å². The lowest BCUT2D eigenvalue weighted by molar-refractivity contribution is 0.181. The first-order valence-corrected chi connectivity index (χ1v) is 11.0. The molecule has 0 amide bonds. The number of aromatic nitrogens is 3. The molecule has 2 aromatic heterocycles. The van der Waals surface area contributed by atoms with Crippen LogP contribution in [0.3, 0.4) is 0 Å². The van der Waals surface area contributed by atoms with Crippen molar-refractivity contribution in [3.63, 3.8) is 0 Å². The molecule has 2 heterocycles. The van der Waals surface area contributed by atoms with E-state index in [1.54, 1.807) is 7.11 Å². The summed E-state index contributed by atoms with van der Waals surface area (Å²) in [4.78, 5) is 4.64. The number of benzene rings is 3. The van der Waals surface area contributed by atoms with Gasteiger partial charge >= 0.3 is 0 Å². The van der Waals surface area contributed by atoms with Gasteiger partial charge in [0.15, 0.2) is 5.65 Å².